The molecule has 4 heterocycles. The molecule has 18 N–H and O–H groups in total. The van der Waals surface area contributed by atoms with Crippen molar-refractivity contribution in [3.63, 3.8) is 0 Å². The Hall–Kier alpha value is -10.3. The first-order valence-corrected chi connectivity index (χ1v) is 40.2. The number of H-pyrrole nitrogens is 1. The molecule has 12 amide bonds. The molecular weight excluding hydrogens is 1500 g/mol. The van der Waals surface area contributed by atoms with E-state index < -0.39 is 185 Å². The fraction of sp³-hybridized carbons (Fsp3) is 0.519. The number of carboxylic acids is 1. The van der Waals surface area contributed by atoms with Crippen molar-refractivity contribution >= 4 is 111 Å². The van der Waals surface area contributed by atoms with Gasteiger partial charge in [-0.05, 0) is 120 Å². The van der Waals surface area contributed by atoms with E-state index in [0.717, 1.165) is 11.1 Å². The van der Waals surface area contributed by atoms with Gasteiger partial charge in [0, 0.05) is 79.4 Å². The Morgan fingerprint density at radius 3 is 1.62 bits per heavy atom. The molecule has 0 spiro atoms. The minimum atomic E-state index is -1.82. The van der Waals surface area contributed by atoms with Crippen LogP contribution >= 0.6 is 23.5 Å². The molecule has 2 fully saturated rings. The van der Waals surface area contributed by atoms with Crippen LogP contribution in [-0.2, 0) is 93.1 Å². The predicted octanol–water partition coefficient (Wildman–Crippen LogP) is 1.66. The number of phenols is 2. The Bertz CT molecular complexity index is 4250. The molecule has 0 unspecified atom stereocenters. The molecule has 0 radical (unpaired) electrons. The van der Waals surface area contributed by atoms with Gasteiger partial charge in [0.15, 0.2) is 0 Å². The van der Waals surface area contributed by atoms with Gasteiger partial charge in [-0.25, -0.2) is 4.98 Å². The molecule has 5 aromatic rings. The number of benzene rings is 3. The molecule has 113 heavy (non-hydrogen) atoms. The summed E-state index contributed by atoms with van der Waals surface area (Å²) in [5.74, 6) is -12.1. The van der Waals surface area contributed by atoms with Crippen molar-refractivity contribution in [1.82, 2.24) is 68.0 Å². The summed E-state index contributed by atoms with van der Waals surface area (Å²) in [6.07, 6.45) is -2.03. The number of pyridine rings is 1. The summed E-state index contributed by atoms with van der Waals surface area (Å²) in [6.45, 7) is 14.9. The second kappa shape index (κ2) is 39.9. The van der Waals surface area contributed by atoms with Crippen LogP contribution in [0.25, 0.3) is 11.0 Å². The highest BCUT2D eigenvalue weighted by Crippen LogP contribution is 2.65. The Morgan fingerprint density at radius 2 is 1.08 bits per heavy atom. The number of amides is 12. The molecule has 2 bridgehead atoms. The lowest BCUT2D eigenvalue weighted by Crippen LogP contribution is -2.63. The van der Waals surface area contributed by atoms with Crippen molar-refractivity contribution in [2.24, 2.45) is 28.4 Å². The molecule has 15 atom stereocenters. The van der Waals surface area contributed by atoms with Crippen molar-refractivity contribution in [3.8, 4) is 11.5 Å². The quantitative estimate of drug-likeness (QED) is 0.0668. The number of carbonyl (C=O) groups excluding carboxylic acids is 12. The molecule has 612 valence electrons. The van der Waals surface area contributed by atoms with Gasteiger partial charge in [-0.2, -0.15) is 23.5 Å². The number of carboxylic acid groups (broad SMARTS) is 1. The number of nitrogens with zero attached hydrogens (tertiary/aromatic N) is 2. The standard InChI is InChI=1S/C79H106N14O18S2/c1-10-14-52-68(102)85-54(27-28-60(99)100)69(103)86-55(33-43-19-23-48(96)24-20-43)71(105)84-53(15-11-2)70(104)91-62(41(3)94)74(108)89-58(66(80)101)40-113-39-46-17-12-16-45(32-46)38-112-31-29-59(98)90-65(78(5,6)7)76(110)88-57(34-44-21-25-49(97)26-22-44)77(111)93-37-51-61(79(51,8)9)64(93)75(109)92-63(42(4)95)73(107)87-56(72(106)83-52)35-47-36-82-67-50(47)18-13-30-81-67/h12-13,16-26,30,32,36,41-42,51-58,61-65,94-97H,10-11,14-15,27-29,31,33-35,37-40H2,1-9H3,(H2,80,101)(H,81,82)(H,83,106)(H,84,105)(H,85,102)(H,86,103)(H,87,107)(H,88,110)(H,89,108)(H,90,98)(H,91,104)(H,92,109)(H,99,100)/t41-,42-,51+,52+,53+,54+,55+,56+,57+,58+,61+,62+,63+,64+,65-/m1/s1. The first-order chi connectivity index (χ1) is 53.5. The number of phenolic OH excluding ortho intramolecular Hbond substituents is 2. The lowest BCUT2D eigenvalue weighted by Gasteiger charge is -2.36. The molecule has 8 rings (SSSR count). The van der Waals surface area contributed by atoms with Gasteiger partial charge in [-0.3, -0.25) is 62.3 Å². The number of hydrogen-bond donors (Lipinski definition) is 17. The number of aromatic nitrogens is 2. The number of piperidine rings is 1. The van der Waals surface area contributed by atoms with Crippen LogP contribution in [-0.4, -0.2) is 214 Å². The Kier molecular flexibility index (Phi) is 31.2. The predicted molar refractivity (Wildman–Crippen MR) is 421 cm³/mol. The number of thioether (sulfide) groups is 2. The van der Waals surface area contributed by atoms with Crippen LogP contribution in [0, 0.1) is 22.7 Å². The largest absolute Gasteiger partial charge is 0.508 e. The van der Waals surface area contributed by atoms with Gasteiger partial charge in [-0.15, -0.1) is 0 Å². The van der Waals surface area contributed by atoms with Crippen LogP contribution in [0.4, 0.5) is 0 Å². The molecule has 2 aromatic heterocycles. The summed E-state index contributed by atoms with van der Waals surface area (Å²) >= 11 is 2.70. The van der Waals surface area contributed by atoms with Gasteiger partial charge < -0.3 is 94.3 Å². The zero-order valence-electron chi connectivity index (χ0n) is 64.8. The average molecular weight is 1600 g/mol. The van der Waals surface area contributed by atoms with E-state index in [0.29, 0.717) is 45.0 Å². The van der Waals surface area contributed by atoms with Crippen molar-refractivity contribution in [2.45, 2.75) is 217 Å². The Balaban J connectivity index is 1.14. The second-order valence-electron chi connectivity index (χ2n) is 30.8. The fourth-order valence-electron chi connectivity index (χ4n) is 14.2. The summed E-state index contributed by atoms with van der Waals surface area (Å²) in [5, 5.41) is 80.0. The zero-order chi connectivity index (χ0) is 82.8. The number of nitrogens with two attached hydrogens (primary N) is 1. The topological polar surface area (TPSA) is 501 Å². The number of fused-ring (bicyclic) bond motifs is 6. The first-order valence-electron chi connectivity index (χ1n) is 37.9. The summed E-state index contributed by atoms with van der Waals surface area (Å²) in [4.78, 5) is 196. The van der Waals surface area contributed by atoms with E-state index in [9.17, 15) is 68.7 Å². The monoisotopic (exact) mass is 1600 g/mol. The maximum atomic E-state index is 15.4. The van der Waals surface area contributed by atoms with E-state index in [1.165, 1.54) is 84.9 Å². The smallest absolute Gasteiger partial charge is 0.303 e. The molecule has 2 aliphatic heterocycles. The third-order valence-corrected chi connectivity index (χ3v) is 22.7. The van der Waals surface area contributed by atoms with Crippen LogP contribution in [0.5, 0.6) is 11.5 Å². The zero-order valence-corrected chi connectivity index (χ0v) is 66.5. The number of aliphatic hydroxyl groups excluding tert-OH is 2. The Labute approximate surface area is 663 Å². The van der Waals surface area contributed by atoms with E-state index in [1.54, 1.807) is 65.1 Å². The maximum Gasteiger partial charge on any atom is 0.303 e. The Morgan fingerprint density at radius 1 is 0.593 bits per heavy atom. The van der Waals surface area contributed by atoms with Crippen molar-refractivity contribution < 1.29 is 87.9 Å². The normalized spacial score (nSPS) is 26.2. The third-order valence-electron chi connectivity index (χ3n) is 20.6. The molecule has 3 aliphatic rings. The second-order valence-corrected chi connectivity index (χ2v) is 33.0. The average Bonchev–Trinajstić information content (AvgIpc) is 1.52. The molecule has 34 heteroatoms. The van der Waals surface area contributed by atoms with E-state index >= 15 is 19.2 Å². The van der Waals surface area contributed by atoms with Crippen molar-refractivity contribution in [1.29, 1.82) is 0 Å². The van der Waals surface area contributed by atoms with Crippen molar-refractivity contribution in [3.05, 3.63) is 125 Å². The highest BCUT2D eigenvalue weighted by atomic mass is 32.2. The highest BCUT2D eigenvalue weighted by Gasteiger charge is 2.70. The summed E-state index contributed by atoms with van der Waals surface area (Å²) in [7, 11) is 0. The highest BCUT2D eigenvalue weighted by molar-refractivity contribution is 7.98. The van der Waals surface area contributed by atoms with E-state index in [-0.39, 0.29) is 81.1 Å². The van der Waals surface area contributed by atoms with Gasteiger partial charge in [0.05, 0.1) is 12.2 Å². The van der Waals surface area contributed by atoms with Gasteiger partial charge in [-0.1, -0.05) is 110 Å². The molecule has 32 nitrogen and oxygen atoms in total. The number of nitrogens with one attached hydrogen (secondary N) is 11. The number of rotatable bonds is 16. The lowest BCUT2D eigenvalue weighted by atomic mass is 9.85. The van der Waals surface area contributed by atoms with Crippen molar-refractivity contribution in [2.75, 3.05) is 18.1 Å². The van der Waals surface area contributed by atoms with Gasteiger partial charge in [0.2, 0.25) is 70.9 Å². The van der Waals surface area contributed by atoms with E-state index in [2.05, 4.69) is 63.1 Å². The molecule has 1 saturated heterocycles. The van der Waals surface area contributed by atoms with Crippen LogP contribution < -0.4 is 58.9 Å². The number of primary amides is 1. The van der Waals surface area contributed by atoms with Crippen LogP contribution in [0.1, 0.15) is 135 Å². The lowest BCUT2D eigenvalue weighted by molar-refractivity contribution is -0.145. The number of aliphatic carboxylic acids is 1. The first kappa shape index (κ1) is 88.2. The van der Waals surface area contributed by atoms with Crippen LogP contribution in [0.15, 0.2) is 97.3 Å². The maximum absolute atomic E-state index is 15.4. The fourth-order valence-corrected chi connectivity index (χ4v) is 16.1. The number of aromatic amines is 1. The summed E-state index contributed by atoms with van der Waals surface area (Å²) in [5.41, 5.74) is 7.78. The molecular formula is C79H106N14O18S2. The molecule has 1 aliphatic carbocycles. The third kappa shape index (κ3) is 24.4. The number of aliphatic hydroxyl groups is 2. The number of carbonyl (C=O) groups is 13. The van der Waals surface area contributed by atoms with Gasteiger partial charge in [0.1, 0.15) is 83.6 Å². The molecule has 1 saturated carbocycles. The minimum Gasteiger partial charge on any atom is -0.508 e. The minimum absolute atomic E-state index is 0.0163. The van der Waals surface area contributed by atoms with Crippen LogP contribution in [0.2, 0.25) is 0 Å². The number of aromatic hydroxyl groups is 2. The van der Waals surface area contributed by atoms with E-state index in [1.807, 2.05) is 38.1 Å². The van der Waals surface area contributed by atoms with Gasteiger partial charge in [0.25, 0.3) is 0 Å². The summed E-state index contributed by atoms with van der Waals surface area (Å²) < 4.78 is 0. The summed E-state index contributed by atoms with van der Waals surface area (Å²) in [6, 6.07) is 5.59. The molecule has 3 aromatic carbocycles. The van der Waals surface area contributed by atoms with Gasteiger partial charge >= 0.3 is 5.97 Å². The van der Waals surface area contributed by atoms with E-state index in [4.69, 9.17) is 5.73 Å². The SMILES string of the molecule is CCC[C@@H]1NC(=O)[C@H](Cc2c[nH]c3ncccc23)NC(=O)[C@H]([C@@H](C)O)NC(=O)[C@@H]2[C@@H]3[C@H](CN2C(=O)[C@H](Cc2ccc(O)cc2)NC(=O)[C@H](C(C)(C)C)NC(=O)CCSCc2cccc(c2)CSC[C@@H](C(N)=O)NC(=O)[C@H]([C@@H](C)O)NC(=O)[C@H](CCC)NC(=O)[C@H](Cc2ccc(O)cc2)NC(=O)[C@H](CCC(=O)O)NC1=O)C3(C)C. The van der Waals surface area contributed by atoms with Crippen LogP contribution in [0.3, 0.4) is 0 Å². The number of hydrogen-bond acceptors (Lipinski definition) is 20.